The smallest absolute Gasteiger partial charge is 0.270 e. The van der Waals surface area contributed by atoms with Gasteiger partial charge in [-0.15, -0.1) is 0 Å². The summed E-state index contributed by atoms with van der Waals surface area (Å²) >= 11 is 11.7. The van der Waals surface area contributed by atoms with E-state index in [4.69, 9.17) is 23.8 Å². The van der Waals surface area contributed by atoms with E-state index in [1.165, 1.54) is 21.2 Å². The number of aryl methyl sites for hydroxylation is 1. The lowest BCUT2D eigenvalue weighted by molar-refractivity contribution is -0.122. The molecule has 1 saturated heterocycles. The third-order valence-electron chi connectivity index (χ3n) is 6.86. The molecule has 0 saturated carbocycles. The molecule has 0 atom stereocenters. The van der Waals surface area contributed by atoms with Crippen molar-refractivity contribution in [2.45, 2.75) is 13.5 Å². The van der Waals surface area contributed by atoms with Crippen LogP contribution in [-0.2, 0) is 16.1 Å². The van der Waals surface area contributed by atoms with Gasteiger partial charge in [-0.25, -0.2) is 0 Å². The minimum absolute atomic E-state index is 0.00311. The predicted octanol–water partition coefficient (Wildman–Crippen LogP) is 6.64. The summed E-state index contributed by atoms with van der Waals surface area (Å²) in [5.41, 5.74) is 4.35. The van der Waals surface area contributed by atoms with Crippen molar-refractivity contribution in [2.24, 2.45) is 0 Å². The van der Waals surface area contributed by atoms with Crippen molar-refractivity contribution in [3.63, 3.8) is 0 Å². The van der Waals surface area contributed by atoms with Crippen LogP contribution in [0.3, 0.4) is 0 Å². The zero-order chi connectivity index (χ0) is 26.4. The number of nitrogens with one attached hydrogen (secondary N) is 1. The van der Waals surface area contributed by atoms with E-state index in [1.807, 2.05) is 55.6 Å². The van der Waals surface area contributed by atoms with Crippen molar-refractivity contribution in [3.05, 3.63) is 118 Å². The van der Waals surface area contributed by atoms with Crippen LogP contribution in [0.2, 0.25) is 5.02 Å². The van der Waals surface area contributed by atoms with Gasteiger partial charge in [-0.3, -0.25) is 19.8 Å². The summed E-state index contributed by atoms with van der Waals surface area (Å²) in [6, 6.07) is 27.8. The molecule has 5 aromatic rings. The Hall–Kier alpha value is -4.26. The number of benzene rings is 4. The number of rotatable bonds is 4. The van der Waals surface area contributed by atoms with E-state index in [0.29, 0.717) is 17.3 Å². The Balaban J connectivity index is 1.43. The third kappa shape index (κ3) is 4.18. The van der Waals surface area contributed by atoms with Gasteiger partial charge in [0.1, 0.15) is 5.57 Å². The fraction of sp³-hybridized carbons (Fsp3) is 0.0645. The standard InChI is InChI=1S/C31H22ClN3O2S/c1-19-13-14-23(16-27(19)32)35-30(37)26(29(36)33-31(35)38)15-22-18-34(28-12-5-4-11-25(22)28)17-21-9-6-8-20-7-2-3-10-24(20)21/h2-16,18H,17H2,1H3,(H,33,36,38)/b26-15+. The molecule has 1 aromatic heterocycles. The highest BCUT2D eigenvalue weighted by molar-refractivity contribution is 7.80. The molecule has 186 valence electrons. The van der Waals surface area contributed by atoms with Gasteiger partial charge >= 0.3 is 0 Å². The number of amides is 2. The van der Waals surface area contributed by atoms with Gasteiger partial charge < -0.3 is 4.57 Å². The van der Waals surface area contributed by atoms with E-state index in [9.17, 15) is 9.59 Å². The van der Waals surface area contributed by atoms with Gasteiger partial charge in [-0.05, 0) is 65.3 Å². The zero-order valence-electron chi connectivity index (χ0n) is 20.4. The SMILES string of the molecule is Cc1ccc(N2C(=O)/C(=C/c3cn(Cc4cccc5ccccc45)c4ccccc34)C(=O)NC2=S)cc1Cl. The normalized spacial score (nSPS) is 15.1. The molecule has 0 spiro atoms. The van der Waals surface area contributed by atoms with Crippen LogP contribution in [0.5, 0.6) is 0 Å². The van der Waals surface area contributed by atoms with Crippen LogP contribution >= 0.6 is 23.8 Å². The first-order valence-electron chi connectivity index (χ1n) is 12.1. The van der Waals surface area contributed by atoms with Crippen molar-refractivity contribution in [1.82, 2.24) is 9.88 Å². The molecule has 2 heterocycles. The van der Waals surface area contributed by atoms with E-state index in [0.717, 1.165) is 22.0 Å². The topological polar surface area (TPSA) is 54.3 Å². The largest absolute Gasteiger partial charge is 0.342 e. The van der Waals surface area contributed by atoms with E-state index < -0.39 is 11.8 Å². The molecule has 0 radical (unpaired) electrons. The van der Waals surface area contributed by atoms with Gasteiger partial charge in [0.15, 0.2) is 5.11 Å². The molecule has 5 nitrogen and oxygen atoms in total. The first-order valence-corrected chi connectivity index (χ1v) is 12.9. The summed E-state index contributed by atoms with van der Waals surface area (Å²) < 4.78 is 2.15. The van der Waals surface area contributed by atoms with Gasteiger partial charge in [-0.2, -0.15) is 0 Å². The van der Waals surface area contributed by atoms with E-state index in [-0.39, 0.29) is 10.7 Å². The maximum Gasteiger partial charge on any atom is 0.270 e. The molecular weight excluding hydrogens is 514 g/mol. The quantitative estimate of drug-likeness (QED) is 0.159. The molecule has 1 N–H and O–H groups in total. The molecule has 1 fully saturated rings. The van der Waals surface area contributed by atoms with Gasteiger partial charge in [0.25, 0.3) is 11.8 Å². The summed E-state index contributed by atoms with van der Waals surface area (Å²) in [4.78, 5) is 27.8. The highest BCUT2D eigenvalue weighted by Crippen LogP contribution is 2.30. The molecule has 7 heteroatoms. The zero-order valence-corrected chi connectivity index (χ0v) is 22.0. The van der Waals surface area contributed by atoms with Crippen molar-refractivity contribution in [3.8, 4) is 0 Å². The van der Waals surface area contributed by atoms with Crippen LogP contribution in [0.15, 0.2) is 96.7 Å². The molecule has 1 aliphatic rings. The van der Waals surface area contributed by atoms with Crippen LogP contribution in [0.4, 0.5) is 5.69 Å². The van der Waals surface area contributed by atoms with Crippen molar-refractivity contribution in [2.75, 3.05) is 4.90 Å². The van der Waals surface area contributed by atoms with Crippen LogP contribution in [0, 0.1) is 6.92 Å². The molecule has 0 aliphatic carbocycles. The van der Waals surface area contributed by atoms with Crippen molar-refractivity contribution >= 4 is 74.2 Å². The fourth-order valence-corrected chi connectivity index (χ4v) is 5.36. The van der Waals surface area contributed by atoms with E-state index in [1.54, 1.807) is 18.2 Å². The average molecular weight is 536 g/mol. The number of carbonyl (C=O) groups excluding carboxylic acids is 2. The number of hydrogen-bond acceptors (Lipinski definition) is 3. The number of anilines is 1. The number of hydrogen-bond donors (Lipinski definition) is 1. The number of thiocarbonyl (C=S) groups is 1. The third-order valence-corrected chi connectivity index (χ3v) is 7.55. The fourth-order valence-electron chi connectivity index (χ4n) is 4.90. The second-order valence-electron chi connectivity index (χ2n) is 9.26. The predicted molar refractivity (Wildman–Crippen MR) is 157 cm³/mol. The molecular formula is C31H22ClN3O2S. The Morgan fingerprint density at radius 2 is 1.66 bits per heavy atom. The van der Waals surface area contributed by atoms with Gasteiger partial charge in [0.2, 0.25) is 0 Å². The van der Waals surface area contributed by atoms with E-state index in [2.05, 4.69) is 40.2 Å². The summed E-state index contributed by atoms with van der Waals surface area (Å²) in [6.07, 6.45) is 3.63. The maximum absolute atomic E-state index is 13.6. The number of fused-ring (bicyclic) bond motifs is 2. The van der Waals surface area contributed by atoms with Gasteiger partial charge in [0, 0.05) is 34.2 Å². The number of nitrogens with zero attached hydrogens (tertiary/aromatic N) is 2. The Morgan fingerprint density at radius 3 is 2.47 bits per heavy atom. The number of carbonyl (C=O) groups is 2. The van der Waals surface area contributed by atoms with E-state index >= 15 is 0 Å². The lowest BCUT2D eigenvalue weighted by atomic mass is 10.0. The molecule has 0 unspecified atom stereocenters. The molecule has 0 bridgehead atoms. The summed E-state index contributed by atoms with van der Waals surface area (Å²) in [6.45, 7) is 2.52. The summed E-state index contributed by atoms with van der Waals surface area (Å²) in [7, 11) is 0. The van der Waals surface area contributed by atoms with Crippen LogP contribution in [0.1, 0.15) is 16.7 Å². The molecule has 38 heavy (non-hydrogen) atoms. The first-order chi connectivity index (χ1) is 18.4. The average Bonchev–Trinajstić information content (AvgIpc) is 3.26. The Bertz CT molecular complexity index is 1820. The van der Waals surface area contributed by atoms with Crippen molar-refractivity contribution in [1.29, 1.82) is 0 Å². The monoisotopic (exact) mass is 535 g/mol. The molecule has 6 rings (SSSR count). The van der Waals surface area contributed by atoms with Crippen molar-refractivity contribution < 1.29 is 9.59 Å². The highest BCUT2D eigenvalue weighted by Gasteiger charge is 2.35. The lowest BCUT2D eigenvalue weighted by Gasteiger charge is -2.29. The first kappa shape index (κ1) is 24.1. The Kier molecular flexibility index (Phi) is 6.06. The molecule has 2 amide bonds. The Morgan fingerprint density at radius 1 is 0.921 bits per heavy atom. The second kappa shape index (κ2) is 9.56. The lowest BCUT2D eigenvalue weighted by Crippen LogP contribution is -2.54. The Labute approximate surface area is 229 Å². The minimum atomic E-state index is -0.527. The molecule has 4 aromatic carbocycles. The minimum Gasteiger partial charge on any atom is -0.342 e. The second-order valence-corrected chi connectivity index (χ2v) is 10.1. The van der Waals surface area contributed by atoms with Crippen LogP contribution < -0.4 is 10.2 Å². The number of aromatic nitrogens is 1. The van der Waals surface area contributed by atoms with Crippen LogP contribution in [0.25, 0.3) is 27.8 Å². The van der Waals surface area contributed by atoms with Gasteiger partial charge in [0.05, 0.1) is 5.69 Å². The maximum atomic E-state index is 13.6. The number of halogens is 1. The number of para-hydroxylation sites is 1. The summed E-state index contributed by atoms with van der Waals surface area (Å²) in [5.74, 6) is -1.02. The van der Waals surface area contributed by atoms with Crippen LogP contribution in [-0.4, -0.2) is 21.5 Å². The van der Waals surface area contributed by atoms with Gasteiger partial charge in [-0.1, -0.05) is 78.3 Å². The molecule has 1 aliphatic heterocycles. The highest BCUT2D eigenvalue weighted by atomic mass is 35.5. The summed E-state index contributed by atoms with van der Waals surface area (Å²) in [5, 5.41) is 6.51.